The second kappa shape index (κ2) is 5.07. The summed E-state index contributed by atoms with van der Waals surface area (Å²) in [5.41, 5.74) is -1.78. The Morgan fingerprint density at radius 1 is 1.61 bits per heavy atom. The summed E-state index contributed by atoms with van der Waals surface area (Å²) in [6.07, 6.45) is -3.44. The van der Waals surface area contributed by atoms with Crippen molar-refractivity contribution in [1.82, 2.24) is 9.78 Å². The van der Waals surface area contributed by atoms with Gasteiger partial charge in [0.15, 0.2) is 0 Å². The fraction of sp³-hybridized carbons (Fsp3) is 0.556. The molecule has 0 spiro atoms. The zero-order chi connectivity index (χ0) is 14.0. The van der Waals surface area contributed by atoms with Crippen molar-refractivity contribution in [3.63, 3.8) is 0 Å². The third-order valence-electron chi connectivity index (χ3n) is 2.42. The summed E-state index contributed by atoms with van der Waals surface area (Å²) in [6.45, 7) is 2.70. The van der Waals surface area contributed by atoms with Gasteiger partial charge < -0.3 is 5.11 Å². The van der Waals surface area contributed by atoms with Crippen LogP contribution in [0.1, 0.15) is 37.2 Å². The second-order valence-electron chi connectivity index (χ2n) is 3.77. The Labute approximate surface area is 100 Å². The first-order valence-electron chi connectivity index (χ1n) is 4.99. The zero-order valence-corrected chi connectivity index (χ0v) is 9.63. The summed E-state index contributed by atoms with van der Waals surface area (Å²) >= 11 is 0. The number of halogens is 2. The van der Waals surface area contributed by atoms with E-state index in [0.717, 1.165) is 4.68 Å². The highest BCUT2D eigenvalue weighted by molar-refractivity contribution is 5.67. The van der Waals surface area contributed by atoms with Gasteiger partial charge in [0.05, 0.1) is 17.4 Å². The molecule has 0 bridgehead atoms. The molecule has 0 unspecified atom stereocenters. The highest BCUT2D eigenvalue weighted by atomic mass is 19.3. The molecule has 1 aromatic rings. The number of rotatable bonds is 5. The standard InChI is InChI=1S/C9H11F2N3O4/c1-4(3-6(15)16)13-5(2)8(14(17)18)7(12-13)9(10)11/h4,9H,3H2,1-2H3,(H,15,16)/t4-/m1/s1. The van der Waals surface area contributed by atoms with E-state index in [1.165, 1.54) is 13.8 Å². The van der Waals surface area contributed by atoms with E-state index in [4.69, 9.17) is 5.11 Å². The lowest BCUT2D eigenvalue weighted by molar-refractivity contribution is -0.387. The van der Waals surface area contributed by atoms with E-state index in [-0.39, 0.29) is 12.1 Å². The zero-order valence-electron chi connectivity index (χ0n) is 9.63. The molecule has 0 aromatic carbocycles. The van der Waals surface area contributed by atoms with Crippen LogP contribution >= 0.6 is 0 Å². The minimum absolute atomic E-state index is 0.0796. The van der Waals surface area contributed by atoms with Crippen LogP contribution in [0, 0.1) is 17.0 Å². The highest BCUT2D eigenvalue weighted by Crippen LogP contribution is 2.32. The number of carbonyl (C=O) groups is 1. The van der Waals surface area contributed by atoms with E-state index >= 15 is 0 Å². The van der Waals surface area contributed by atoms with Gasteiger partial charge in [0.1, 0.15) is 5.69 Å². The number of hydrogen-bond donors (Lipinski definition) is 1. The number of carboxylic acid groups (broad SMARTS) is 1. The van der Waals surface area contributed by atoms with E-state index in [0.29, 0.717) is 0 Å². The van der Waals surface area contributed by atoms with Gasteiger partial charge in [0.25, 0.3) is 6.43 Å². The van der Waals surface area contributed by atoms with E-state index < -0.39 is 34.7 Å². The molecule has 0 fully saturated rings. The first-order valence-corrected chi connectivity index (χ1v) is 4.99. The predicted molar refractivity (Wildman–Crippen MR) is 55.5 cm³/mol. The van der Waals surface area contributed by atoms with Crippen LogP contribution in [-0.4, -0.2) is 25.8 Å². The number of nitro groups is 1. The maximum absolute atomic E-state index is 12.6. The summed E-state index contributed by atoms with van der Waals surface area (Å²) < 4.78 is 26.2. The molecule has 0 saturated heterocycles. The van der Waals surface area contributed by atoms with Crippen molar-refractivity contribution >= 4 is 11.7 Å². The van der Waals surface area contributed by atoms with Crippen molar-refractivity contribution in [2.45, 2.75) is 32.7 Å². The van der Waals surface area contributed by atoms with Crippen molar-refractivity contribution in [2.75, 3.05) is 0 Å². The molecule has 0 aliphatic rings. The Morgan fingerprint density at radius 2 is 2.17 bits per heavy atom. The Balaban J connectivity index is 3.27. The number of aromatic nitrogens is 2. The molecule has 1 aromatic heterocycles. The Morgan fingerprint density at radius 3 is 2.50 bits per heavy atom. The smallest absolute Gasteiger partial charge is 0.318 e. The lowest BCUT2D eigenvalue weighted by atomic mass is 10.2. The molecule has 1 rings (SSSR count). The Bertz CT molecular complexity index is 486. The minimum Gasteiger partial charge on any atom is -0.481 e. The number of nitrogens with zero attached hydrogens (tertiary/aromatic N) is 3. The summed E-state index contributed by atoms with van der Waals surface area (Å²) in [5, 5.41) is 22.8. The molecule has 18 heavy (non-hydrogen) atoms. The van der Waals surface area contributed by atoms with Gasteiger partial charge in [-0.2, -0.15) is 5.10 Å². The number of alkyl halides is 2. The van der Waals surface area contributed by atoms with E-state index in [1.54, 1.807) is 0 Å². The van der Waals surface area contributed by atoms with Crippen LogP contribution in [0.3, 0.4) is 0 Å². The molecule has 1 heterocycles. The molecule has 1 N–H and O–H groups in total. The third-order valence-corrected chi connectivity index (χ3v) is 2.42. The number of hydrogen-bond acceptors (Lipinski definition) is 4. The quantitative estimate of drug-likeness (QED) is 0.647. The summed E-state index contributed by atoms with van der Waals surface area (Å²) in [5.74, 6) is -1.14. The molecular weight excluding hydrogens is 252 g/mol. The Hall–Kier alpha value is -2.06. The first kappa shape index (κ1) is 14.0. The van der Waals surface area contributed by atoms with Gasteiger partial charge in [-0.1, -0.05) is 0 Å². The molecule has 9 heteroatoms. The van der Waals surface area contributed by atoms with Crippen LogP contribution in [-0.2, 0) is 4.79 Å². The molecule has 0 aliphatic heterocycles. The Kier molecular flexibility index (Phi) is 3.94. The monoisotopic (exact) mass is 263 g/mol. The van der Waals surface area contributed by atoms with Crippen molar-refractivity contribution in [3.8, 4) is 0 Å². The second-order valence-corrected chi connectivity index (χ2v) is 3.77. The van der Waals surface area contributed by atoms with E-state index in [2.05, 4.69) is 5.10 Å². The van der Waals surface area contributed by atoms with Gasteiger partial charge in [0, 0.05) is 0 Å². The van der Waals surface area contributed by atoms with Crippen LogP contribution < -0.4 is 0 Å². The number of aliphatic carboxylic acids is 1. The third kappa shape index (κ3) is 2.60. The number of carboxylic acids is 1. The van der Waals surface area contributed by atoms with Gasteiger partial charge in [-0.15, -0.1) is 0 Å². The first-order chi connectivity index (χ1) is 8.25. The lowest BCUT2D eigenvalue weighted by Gasteiger charge is -2.10. The average Bonchev–Trinajstić information content (AvgIpc) is 2.54. The van der Waals surface area contributed by atoms with Gasteiger partial charge in [0.2, 0.25) is 5.69 Å². The molecule has 7 nitrogen and oxygen atoms in total. The molecule has 100 valence electrons. The molecule has 0 radical (unpaired) electrons. The highest BCUT2D eigenvalue weighted by Gasteiger charge is 2.32. The van der Waals surface area contributed by atoms with Gasteiger partial charge in [-0.05, 0) is 13.8 Å². The fourth-order valence-electron chi connectivity index (χ4n) is 1.67. The van der Waals surface area contributed by atoms with Crippen LogP contribution in [0.2, 0.25) is 0 Å². The van der Waals surface area contributed by atoms with E-state index in [1.807, 2.05) is 0 Å². The summed E-state index contributed by atoms with van der Waals surface area (Å²) in [4.78, 5) is 20.3. The minimum atomic E-state index is -3.08. The molecule has 0 saturated carbocycles. The van der Waals surface area contributed by atoms with Crippen molar-refractivity contribution in [3.05, 3.63) is 21.5 Å². The molecule has 0 amide bonds. The molecule has 1 atom stereocenters. The SMILES string of the molecule is Cc1c([N+](=O)[O-])c(C(F)F)nn1[C@H](C)CC(=O)O. The average molecular weight is 263 g/mol. The lowest BCUT2D eigenvalue weighted by Crippen LogP contribution is -2.13. The molecule has 0 aliphatic carbocycles. The van der Waals surface area contributed by atoms with Crippen LogP contribution in [0.5, 0.6) is 0 Å². The van der Waals surface area contributed by atoms with Crippen molar-refractivity contribution < 1.29 is 23.6 Å². The van der Waals surface area contributed by atoms with Crippen LogP contribution in [0.4, 0.5) is 14.5 Å². The van der Waals surface area contributed by atoms with Gasteiger partial charge >= 0.3 is 11.7 Å². The maximum Gasteiger partial charge on any atom is 0.318 e. The summed E-state index contributed by atoms with van der Waals surface area (Å²) in [7, 11) is 0. The fourth-order valence-corrected chi connectivity index (χ4v) is 1.67. The van der Waals surface area contributed by atoms with E-state index in [9.17, 15) is 23.7 Å². The maximum atomic E-state index is 12.6. The largest absolute Gasteiger partial charge is 0.481 e. The van der Waals surface area contributed by atoms with Crippen LogP contribution in [0.25, 0.3) is 0 Å². The predicted octanol–water partition coefficient (Wildman–Crippen LogP) is 2.07. The van der Waals surface area contributed by atoms with Gasteiger partial charge in [-0.25, -0.2) is 8.78 Å². The van der Waals surface area contributed by atoms with Gasteiger partial charge in [-0.3, -0.25) is 19.6 Å². The normalized spacial score (nSPS) is 12.7. The van der Waals surface area contributed by atoms with Crippen molar-refractivity contribution in [1.29, 1.82) is 0 Å². The van der Waals surface area contributed by atoms with Crippen LogP contribution in [0.15, 0.2) is 0 Å². The summed E-state index contributed by atoms with van der Waals surface area (Å²) in [6, 6.07) is -0.742. The topological polar surface area (TPSA) is 98.3 Å². The molecular formula is C9H11F2N3O4. The van der Waals surface area contributed by atoms with Crippen molar-refractivity contribution in [2.24, 2.45) is 0 Å².